The summed E-state index contributed by atoms with van der Waals surface area (Å²) >= 11 is 0. The number of aryl methyl sites for hydroxylation is 1. The van der Waals surface area contributed by atoms with Gasteiger partial charge in [-0.05, 0) is 32.3 Å². The van der Waals surface area contributed by atoms with E-state index in [-0.39, 0.29) is 17.4 Å². The number of nitrogens with one attached hydrogen (secondary N) is 2. The summed E-state index contributed by atoms with van der Waals surface area (Å²) in [5.74, 6) is 0.990. The monoisotopic (exact) mass is 343 g/mol. The van der Waals surface area contributed by atoms with Crippen LogP contribution in [0.2, 0.25) is 0 Å². The number of hydrogen-bond donors (Lipinski definition) is 2. The summed E-state index contributed by atoms with van der Waals surface area (Å²) in [6, 6.07) is 11.9. The lowest BCUT2D eigenvalue weighted by molar-refractivity contribution is -0.117. The molecule has 1 aromatic heterocycles. The maximum Gasteiger partial charge on any atom is 0.242 e. The van der Waals surface area contributed by atoms with Gasteiger partial charge in [0.25, 0.3) is 0 Å². The van der Waals surface area contributed by atoms with Gasteiger partial charge in [0.05, 0.1) is 6.04 Å². The van der Waals surface area contributed by atoms with Gasteiger partial charge in [0.2, 0.25) is 5.91 Å². The van der Waals surface area contributed by atoms with Crippen molar-refractivity contribution in [1.29, 1.82) is 0 Å². The summed E-state index contributed by atoms with van der Waals surface area (Å²) in [4.78, 5) is 12.4. The summed E-state index contributed by atoms with van der Waals surface area (Å²) in [5, 5.41) is 9.96. The van der Waals surface area contributed by atoms with E-state index in [1.807, 2.05) is 13.0 Å². The number of amides is 1. The third kappa shape index (κ3) is 4.27. The average molecular weight is 343 g/mol. The molecule has 1 atom stereocenters. The van der Waals surface area contributed by atoms with Crippen molar-refractivity contribution in [2.75, 3.05) is 25.1 Å². The van der Waals surface area contributed by atoms with E-state index >= 15 is 0 Å². The highest BCUT2D eigenvalue weighted by Gasteiger charge is 2.34. The molecule has 1 unspecified atom stereocenters. The minimum atomic E-state index is -0.333. The summed E-state index contributed by atoms with van der Waals surface area (Å²) in [6.07, 6.45) is 1.89. The Balaban J connectivity index is 1.63. The maximum absolute atomic E-state index is 12.4. The Morgan fingerprint density at radius 2 is 2.00 bits per heavy atom. The summed E-state index contributed by atoms with van der Waals surface area (Å²) in [5.41, 5.74) is 1.30. The Kier molecular flexibility index (Phi) is 5.50. The molecule has 0 bridgehead atoms. The molecular formula is C19H25N3O3. The van der Waals surface area contributed by atoms with Gasteiger partial charge in [0.1, 0.15) is 5.76 Å². The molecule has 1 fully saturated rings. The van der Waals surface area contributed by atoms with E-state index in [9.17, 15) is 4.79 Å². The highest BCUT2D eigenvalue weighted by atomic mass is 16.5. The van der Waals surface area contributed by atoms with Crippen molar-refractivity contribution in [2.24, 2.45) is 0 Å². The van der Waals surface area contributed by atoms with Gasteiger partial charge < -0.3 is 19.9 Å². The second-order valence-electron chi connectivity index (χ2n) is 6.67. The van der Waals surface area contributed by atoms with Crippen LogP contribution in [0.15, 0.2) is 40.9 Å². The molecule has 0 aliphatic carbocycles. The zero-order valence-corrected chi connectivity index (χ0v) is 14.7. The topological polar surface area (TPSA) is 76.4 Å². The van der Waals surface area contributed by atoms with Crippen molar-refractivity contribution >= 4 is 11.7 Å². The molecule has 3 rings (SSSR count). The molecule has 2 N–H and O–H groups in total. The fourth-order valence-electron chi connectivity index (χ4n) is 3.22. The Morgan fingerprint density at radius 1 is 1.28 bits per heavy atom. The van der Waals surface area contributed by atoms with Crippen molar-refractivity contribution in [3.8, 4) is 0 Å². The van der Waals surface area contributed by atoms with Crippen molar-refractivity contribution in [3.05, 3.63) is 47.7 Å². The van der Waals surface area contributed by atoms with Crippen molar-refractivity contribution < 1.29 is 14.1 Å². The molecule has 6 heteroatoms. The number of anilines is 1. The zero-order chi connectivity index (χ0) is 17.7. The van der Waals surface area contributed by atoms with Crippen LogP contribution in [0.3, 0.4) is 0 Å². The quantitative estimate of drug-likeness (QED) is 0.843. The lowest BCUT2D eigenvalue weighted by Crippen LogP contribution is -2.48. The second-order valence-corrected chi connectivity index (χ2v) is 6.67. The van der Waals surface area contributed by atoms with Crippen LogP contribution in [-0.2, 0) is 14.9 Å². The van der Waals surface area contributed by atoms with Gasteiger partial charge in [-0.25, -0.2) is 0 Å². The highest BCUT2D eigenvalue weighted by molar-refractivity contribution is 5.93. The number of aromatic nitrogens is 1. The van der Waals surface area contributed by atoms with E-state index in [0.717, 1.165) is 32.6 Å². The van der Waals surface area contributed by atoms with E-state index in [1.165, 1.54) is 5.56 Å². The summed E-state index contributed by atoms with van der Waals surface area (Å²) in [7, 11) is 0. The fraction of sp³-hybridized carbons (Fsp3) is 0.474. The molecule has 6 nitrogen and oxygen atoms in total. The number of carbonyl (C=O) groups excluding carboxylic acids is 1. The third-order valence-electron chi connectivity index (χ3n) is 4.86. The van der Waals surface area contributed by atoms with Crippen LogP contribution in [0.25, 0.3) is 0 Å². The average Bonchev–Trinajstić information content (AvgIpc) is 3.06. The van der Waals surface area contributed by atoms with Gasteiger partial charge in [0.15, 0.2) is 5.82 Å². The molecule has 1 saturated heterocycles. The molecule has 25 heavy (non-hydrogen) atoms. The van der Waals surface area contributed by atoms with Gasteiger partial charge in [0, 0.05) is 31.2 Å². The number of ether oxygens (including phenoxy) is 1. The standard InChI is InChI=1S/C19H25N3O3/c1-14-12-17(22-25-14)21-18(23)15(2)20-13-19(8-10-24-11-9-19)16-6-4-3-5-7-16/h3-7,12,15,20H,8-11,13H2,1-2H3,(H,21,22,23). The van der Waals surface area contributed by atoms with Crippen LogP contribution >= 0.6 is 0 Å². The van der Waals surface area contributed by atoms with Crippen LogP contribution in [0, 0.1) is 6.92 Å². The number of rotatable bonds is 6. The molecular weight excluding hydrogens is 318 g/mol. The number of hydrogen-bond acceptors (Lipinski definition) is 5. The minimum absolute atomic E-state index is 0.00146. The minimum Gasteiger partial charge on any atom is -0.381 e. The first-order chi connectivity index (χ1) is 12.1. The Morgan fingerprint density at radius 3 is 2.64 bits per heavy atom. The highest BCUT2D eigenvalue weighted by Crippen LogP contribution is 2.34. The number of nitrogens with zero attached hydrogens (tertiary/aromatic N) is 1. The smallest absolute Gasteiger partial charge is 0.242 e. The number of carbonyl (C=O) groups is 1. The molecule has 2 heterocycles. The van der Waals surface area contributed by atoms with Crippen LogP contribution in [0.1, 0.15) is 31.1 Å². The first-order valence-corrected chi connectivity index (χ1v) is 8.70. The second kappa shape index (κ2) is 7.80. The molecule has 1 aliphatic heterocycles. The zero-order valence-electron chi connectivity index (χ0n) is 14.7. The molecule has 1 amide bonds. The van der Waals surface area contributed by atoms with Gasteiger partial charge in [-0.3, -0.25) is 4.79 Å². The van der Waals surface area contributed by atoms with Crippen LogP contribution < -0.4 is 10.6 Å². The molecule has 1 aliphatic rings. The van der Waals surface area contributed by atoms with E-state index in [4.69, 9.17) is 9.26 Å². The Labute approximate surface area is 147 Å². The molecule has 0 spiro atoms. The van der Waals surface area contributed by atoms with E-state index < -0.39 is 0 Å². The van der Waals surface area contributed by atoms with Crippen LogP contribution in [0.5, 0.6) is 0 Å². The maximum atomic E-state index is 12.4. The van der Waals surface area contributed by atoms with E-state index in [1.54, 1.807) is 13.0 Å². The third-order valence-corrected chi connectivity index (χ3v) is 4.86. The summed E-state index contributed by atoms with van der Waals surface area (Å²) in [6.45, 7) is 5.87. The van der Waals surface area contributed by atoms with Gasteiger partial charge in [-0.15, -0.1) is 0 Å². The summed E-state index contributed by atoms with van der Waals surface area (Å²) < 4.78 is 10.5. The lowest BCUT2D eigenvalue weighted by Gasteiger charge is -2.38. The molecule has 0 radical (unpaired) electrons. The number of benzene rings is 1. The van der Waals surface area contributed by atoms with E-state index in [0.29, 0.717) is 11.6 Å². The molecule has 2 aromatic rings. The fourth-order valence-corrected chi connectivity index (χ4v) is 3.22. The first-order valence-electron chi connectivity index (χ1n) is 8.70. The lowest BCUT2D eigenvalue weighted by atomic mass is 9.74. The van der Waals surface area contributed by atoms with Crippen LogP contribution in [-0.4, -0.2) is 36.9 Å². The first kappa shape index (κ1) is 17.6. The molecule has 0 saturated carbocycles. The Bertz CT molecular complexity index is 693. The largest absolute Gasteiger partial charge is 0.381 e. The van der Waals surface area contributed by atoms with Crippen LogP contribution in [0.4, 0.5) is 5.82 Å². The van der Waals surface area contributed by atoms with Crippen molar-refractivity contribution in [3.63, 3.8) is 0 Å². The normalized spacial score (nSPS) is 17.8. The van der Waals surface area contributed by atoms with E-state index in [2.05, 4.69) is 40.1 Å². The van der Waals surface area contributed by atoms with Crippen molar-refractivity contribution in [1.82, 2.24) is 10.5 Å². The molecule has 1 aromatic carbocycles. The predicted octanol–water partition coefficient (Wildman–Crippen LogP) is 2.65. The predicted molar refractivity (Wildman–Crippen MR) is 95.5 cm³/mol. The van der Waals surface area contributed by atoms with Gasteiger partial charge in [-0.1, -0.05) is 35.5 Å². The molecule has 134 valence electrons. The van der Waals surface area contributed by atoms with Gasteiger partial charge in [-0.2, -0.15) is 0 Å². The Hall–Kier alpha value is -2.18. The SMILES string of the molecule is Cc1cc(NC(=O)C(C)NCC2(c3ccccc3)CCOCC2)no1. The van der Waals surface area contributed by atoms with Gasteiger partial charge >= 0.3 is 0 Å². The van der Waals surface area contributed by atoms with Crippen molar-refractivity contribution in [2.45, 2.75) is 38.1 Å².